The molecule has 146 valence electrons. The van der Waals surface area contributed by atoms with Gasteiger partial charge in [-0.25, -0.2) is 8.78 Å². The Bertz CT molecular complexity index is 900. The maximum Gasteiger partial charge on any atom is 0.240 e. The van der Waals surface area contributed by atoms with E-state index in [-0.39, 0.29) is 24.3 Å². The van der Waals surface area contributed by atoms with Crippen molar-refractivity contribution >= 4 is 0 Å². The lowest BCUT2D eigenvalue weighted by Gasteiger charge is -2.32. The van der Waals surface area contributed by atoms with Gasteiger partial charge in [0.25, 0.3) is 0 Å². The Balaban J connectivity index is 1.31. The minimum Gasteiger partial charge on any atom is -0.485 e. The summed E-state index contributed by atoms with van der Waals surface area (Å²) in [4.78, 5) is 6.49. The van der Waals surface area contributed by atoms with Crippen LogP contribution in [0.4, 0.5) is 8.78 Å². The van der Waals surface area contributed by atoms with Gasteiger partial charge in [0, 0.05) is 13.1 Å². The third-order valence-electron chi connectivity index (χ3n) is 4.44. The lowest BCUT2D eigenvalue weighted by Crippen LogP contribution is -2.37. The third kappa shape index (κ3) is 4.71. The van der Waals surface area contributed by atoms with E-state index in [0.29, 0.717) is 37.2 Å². The van der Waals surface area contributed by atoms with Crippen molar-refractivity contribution in [1.82, 2.24) is 15.0 Å². The zero-order valence-electron chi connectivity index (χ0n) is 15.1. The van der Waals surface area contributed by atoms with Gasteiger partial charge in [-0.15, -0.1) is 0 Å². The molecule has 4 rings (SSSR count). The molecule has 1 fully saturated rings. The van der Waals surface area contributed by atoms with Gasteiger partial charge < -0.3 is 14.0 Å². The molecule has 28 heavy (non-hydrogen) atoms. The third-order valence-corrected chi connectivity index (χ3v) is 4.44. The second kappa shape index (κ2) is 8.45. The Morgan fingerprint density at radius 3 is 2.50 bits per heavy atom. The number of halogens is 2. The highest BCUT2D eigenvalue weighted by Crippen LogP contribution is 2.23. The van der Waals surface area contributed by atoms with Crippen LogP contribution >= 0.6 is 0 Å². The van der Waals surface area contributed by atoms with Crippen LogP contribution in [0.15, 0.2) is 53.1 Å². The highest BCUT2D eigenvalue weighted by Gasteiger charge is 2.23. The van der Waals surface area contributed by atoms with Gasteiger partial charge in [-0.2, -0.15) is 4.98 Å². The summed E-state index contributed by atoms with van der Waals surface area (Å²) in [6, 6.07) is 12.1. The summed E-state index contributed by atoms with van der Waals surface area (Å²) in [5.74, 6) is 0.847. The molecule has 0 bridgehead atoms. The van der Waals surface area contributed by atoms with E-state index in [2.05, 4.69) is 15.0 Å². The molecule has 6 nitrogen and oxygen atoms in total. The number of hydrogen-bond acceptors (Lipinski definition) is 6. The number of ether oxygens (including phenoxy) is 2. The zero-order chi connectivity index (χ0) is 19.3. The summed E-state index contributed by atoms with van der Waals surface area (Å²) in [6.45, 7) is 2.58. The molecule has 3 aromatic rings. The molecule has 1 unspecified atom stereocenters. The van der Waals surface area contributed by atoms with E-state index in [4.69, 9.17) is 14.0 Å². The number of morpholine rings is 1. The fourth-order valence-corrected chi connectivity index (χ4v) is 3.01. The van der Waals surface area contributed by atoms with Crippen LogP contribution in [0.25, 0.3) is 0 Å². The van der Waals surface area contributed by atoms with Crippen LogP contribution in [0.5, 0.6) is 5.75 Å². The highest BCUT2D eigenvalue weighted by atomic mass is 19.1. The van der Waals surface area contributed by atoms with Gasteiger partial charge in [-0.05, 0) is 42.0 Å². The second-order valence-corrected chi connectivity index (χ2v) is 6.49. The Hall–Kier alpha value is -2.84. The molecule has 1 aromatic heterocycles. The molecule has 2 heterocycles. The van der Waals surface area contributed by atoms with Crippen molar-refractivity contribution in [2.75, 3.05) is 19.7 Å². The van der Waals surface area contributed by atoms with Crippen molar-refractivity contribution < 1.29 is 22.8 Å². The van der Waals surface area contributed by atoms with Crippen LogP contribution in [0.1, 0.15) is 23.4 Å². The van der Waals surface area contributed by atoms with Crippen LogP contribution in [0.2, 0.25) is 0 Å². The Morgan fingerprint density at radius 1 is 1.04 bits per heavy atom. The molecule has 1 atom stereocenters. The van der Waals surface area contributed by atoms with Crippen LogP contribution < -0.4 is 4.74 Å². The molecule has 1 aliphatic rings. The fraction of sp³-hybridized carbons (Fsp3) is 0.300. The molecular weight excluding hydrogens is 368 g/mol. The number of aromatic nitrogens is 2. The molecule has 0 spiro atoms. The van der Waals surface area contributed by atoms with Crippen LogP contribution in [0.3, 0.4) is 0 Å². The van der Waals surface area contributed by atoms with Crippen LogP contribution in [-0.2, 0) is 17.9 Å². The molecule has 0 radical (unpaired) electrons. The topological polar surface area (TPSA) is 60.6 Å². The maximum atomic E-state index is 13.1. The van der Waals surface area contributed by atoms with E-state index in [1.807, 2.05) is 0 Å². The van der Waals surface area contributed by atoms with E-state index in [0.717, 1.165) is 12.1 Å². The predicted octanol–water partition coefficient (Wildman–Crippen LogP) is 3.50. The van der Waals surface area contributed by atoms with Crippen molar-refractivity contribution in [3.8, 4) is 5.75 Å². The largest absolute Gasteiger partial charge is 0.485 e. The first-order chi connectivity index (χ1) is 13.7. The van der Waals surface area contributed by atoms with Crippen molar-refractivity contribution in [3.63, 3.8) is 0 Å². The molecule has 1 aliphatic heterocycles. The minimum atomic E-state index is -0.321. The van der Waals surface area contributed by atoms with Crippen molar-refractivity contribution in [2.45, 2.75) is 19.3 Å². The first-order valence-electron chi connectivity index (χ1n) is 8.95. The molecule has 8 heteroatoms. The first kappa shape index (κ1) is 18.5. The summed E-state index contributed by atoms with van der Waals surface area (Å²) < 4.78 is 42.6. The van der Waals surface area contributed by atoms with Gasteiger partial charge >= 0.3 is 0 Å². The molecule has 1 saturated heterocycles. The number of nitrogens with zero attached hydrogens (tertiary/aromatic N) is 3. The van der Waals surface area contributed by atoms with Gasteiger partial charge in [0.05, 0.1) is 19.3 Å². The number of hydrogen-bond donors (Lipinski definition) is 0. The SMILES string of the molecule is Fc1ccc(OCc2noc(CN3CCOC(c4ccc(F)cc4)C3)n2)cc1. The first-order valence-corrected chi connectivity index (χ1v) is 8.95. The average molecular weight is 387 g/mol. The Kier molecular flexibility index (Phi) is 5.59. The van der Waals surface area contributed by atoms with E-state index in [9.17, 15) is 8.78 Å². The summed E-state index contributed by atoms with van der Waals surface area (Å²) >= 11 is 0. The molecule has 0 aliphatic carbocycles. The quantitative estimate of drug-likeness (QED) is 0.645. The normalized spacial score (nSPS) is 17.6. The monoisotopic (exact) mass is 387 g/mol. The van der Waals surface area contributed by atoms with Gasteiger partial charge in [-0.1, -0.05) is 17.3 Å². The molecule has 0 N–H and O–H groups in total. The van der Waals surface area contributed by atoms with Gasteiger partial charge in [0.2, 0.25) is 11.7 Å². The maximum absolute atomic E-state index is 13.1. The smallest absolute Gasteiger partial charge is 0.240 e. The van der Waals surface area contributed by atoms with Gasteiger partial charge in [0.15, 0.2) is 6.61 Å². The van der Waals surface area contributed by atoms with Crippen LogP contribution in [-0.4, -0.2) is 34.7 Å². The van der Waals surface area contributed by atoms with Gasteiger partial charge in [-0.3, -0.25) is 4.90 Å². The summed E-state index contributed by atoms with van der Waals surface area (Å²) in [6.07, 6.45) is -0.126. The lowest BCUT2D eigenvalue weighted by molar-refractivity contribution is -0.0356. The molecular formula is C20H19F2N3O3. The zero-order valence-corrected chi connectivity index (χ0v) is 15.1. The predicted molar refractivity (Wildman–Crippen MR) is 95.4 cm³/mol. The fourth-order valence-electron chi connectivity index (χ4n) is 3.01. The van der Waals surface area contributed by atoms with Crippen molar-refractivity contribution in [3.05, 3.63) is 77.4 Å². The average Bonchev–Trinajstić information content (AvgIpc) is 3.16. The van der Waals surface area contributed by atoms with E-state index >= 15 is 0 Å². The van der Waals surface area contributed by atoms with Crippen molar-refractivity contribution in [1.29, 1.82) is 0 Å². The van der Waals surface area contributed by atoms with Crippen molar-refractivity contribution in [2.24, 2.45) is 0 Å². The van der Waals surface area contributed by atoms with E-state index in [1.165, 1.54) is 24.3 Å². The highest BCUT2D eigenvalue weighted by molar-refractivity contribution is 5.22. The molecule has 0 amide bonds. The number of benzene rings is 2. The standard InChI is InChI=1S/C20H19F2N3O3/c21-15-3-1-14(2-4-15)18-11-25(9-10-26-18)12-20-23-19(24-28-20)13-27-17-7-5-16(22)6-8-17/h1-8,18H,9-13H2. The summed E-state index contributed by atoms with van der Waals surface area (Å²) in [7, 11) is 0. The summed E-state index contributed by atoms with van der Waals surface area (Å²) in [5.41, 5.74) is 0.935. The second-order valence-electron chi connectivity index (χ2n) is 6.49. The van der Waals surface area contributed by atoms with E-state index < -0.39 is 0 Å². The minimum absolute atomic E-state index is 0.126. The Morgan fingerprint density at radius 2 is 1.75 bits per heavy atom. The Labute approximate surface area is 160 Å². The van der Waals surface area contributed by atoms with Crippen LogP contribution in [0, 0.1) is 11.6 Å². The molecule has 0 saturated carbocycles. The lowest BCUT2D eigenvalue weighted by atomic mass is 10.1. The number of rotatable bonds is 6. The van der Waals surface area contributed by atoms with E-state index in [1.54, 1.807) is 24.3 Å². The van der Waals surface area contributed by atoms with Gasteiger partial charge in [0.1, 0.15) is 17.4 Å². The molecule has 2 aromatic carbocycles. The summed E-state index contributed by atoms with van der Waals surface area (Å²) in [5, 5.41) is 3.92.